The van der Waals surface area contributed by atoms with Crippen molar-refractivity contribution in [3.05, 3.63) is 137 Å². The molecule has 5 aromatic rings. The first kappa shape index (κ1) is 24.7. The maximum absolute atomic E-state index is 13.5. The number of para-hydroxylation sites is 1. The molecule has 2 aromatic heterocycles. The van der Waals surface area contributed by atoms with Crippen LogP contribution in [-0.2, 0) is 17.8 Å². The van der Waals surface area contributed by atoms with Crippen LogP contribution < -0.4 is 5.32 Å². The van der Waals surface area contributed by atoms with Crippen LogP contribution in [-0.4, -0.2) is 22.0 Å². The molecule has 4 nitrogen and oxygen atoms in total. The molecule has 5 rings (SSSR count). The number of halogens is 2. The van der Waals surface area contributed by atoms with Crippen LogP contribution in [0.3, 0.4) is 0 Å². The zero-order valence-corrected chi connectivity index (χ0v) is 21.0. The Bertz CT molecular complexity index is 1500. The summed E-state index contributed by atoms with van der Waals surface area (Å²) in [5.74, 6) is -0.471. The minimum atomic E-state index is -0.253. The van der Waals surface area contributed by atoms with Gasteiger partial charge in [0.25, 0.3) is 0 Å². The number of fused-ring (bicyclic) bond motifs is 1. The second-order valence-electron chi connectivity index (χ2n) is 9.09. The predicted octanol–water partition coefficient (Wildman–Crippen LogP) is 6.76. The monoisotopic (exact) mass is 511 g/mol. The van der Waals surface area contributed by atoms with Gasteiger partial charge in [0.15, 0.2) is 0 Å². The summed E-state index contributed by atoms with van der Waals surface area (Å²) in [6.07, 6.45) is 4.83. The van der Waals surface area contributed by atoms with Gasteiger partial charge in [-0.1, -0.05) is 60.1 Å². The second kappa shape index (κ2) is 11.4. The summed E-state index contributed by atoms with van der Waals surface area (Å²) in [5.41, 5.74) is 5.04. The number of amides is 1. The summed E-state index contributed by atoms with van der Waals surface area (Å²) in [4.78, 5) is 17.5. The highest BCUT2D eigenvalue weighted by Crippen LogP contribution is 2.36. The topological polar surface area (TPSA) is 46.9 Å². The van der Waals surface area contributed by atoms with Crippen LogP contribution in [0.1, 0.15) is 34.7 Å². The molecule has 186 valence electrons. The smallest absolute Gasteiger partial charge is 0.220 e. The normalized spacial score (nSPS) is 11.9. The van der Waals surface area contributed by atoms with Gasteiger partial charge >= 0.3 is 0 Å². The van der Waals surface area contributed by atoms with Gasteiger partial charge in [0, 0.05) is 65.9 Å². The number of rotatable bonds is 9. The van der Waals surface area contributed by atoms with Crippen molar-refractivity contribution in [2.45, 2.75) is 25.3 Å². The van der Waals surface area contributed by atoms with E-state index in [1.54, 1.807) is 18.3 Å². The van der Waals surface area contributed by atoms with Crippen molar-refractivity contribution in [1.82, 2.24) is 14.9 Å². The van der Waals surface area contributed by atoms with E-state index in [-0.39, 0.29) is 24.1 Å². The zero-order chi connectivity index (χ0) is 25.6. The molecule has 1 N–H and O–H groups in total. The van der Waals surface area contributed by atoms with Crippen molar-refractivity contribution in [2.24, 2.45) is 0 Å². The molecule has 0 fully saturated rings. The van der Waals surface area contributed by atoms with Crippen molar-refractivity contribution >= 4 is 28.4 Å². The molecule has 0 aliphatic heterocycles. The first-order chi connectivity index (χ1) is 18.1. The van der Waals surface area contributed by atoms with E-state index in [0.717, 1.165) is 33.3 Å². The Balaban J connectivity index is 1.44. The van der Waals surface area contributed by atoms with E-state index in [9.17, 15) is 9.18 Å². The molecule has 2 heterocycles. The minimum absolute atomic E-state index is 0.0312. The molecule has 1 unspecified atom stereocenters. The molecule has 0 radical (unpaired) electrons. The number of hydrogen-bond donors (Lipinski definition) is 1. The van der Waals surface area contributed by atoms with E-state index in [1.807, 2.05) is 54.6 Å². The van der Waals surface area contributed by atoms with E-state index in [1.165, 1.54) is 12.1 Å². The molecule has 0 saturated heterocycles. The lowest BCUT2D eigenvalue weighted by molar-refractivity contribution is -0.121. The lowest BCUT2D eigenvalue weighted by Gasteiger charge is -2.18. The second-order valence-corrected chi connectivity index (χ2v) is 9.53. The average molecular weight is 512 g/mol. The van der Waals surface area contributed by atoms with Crippen LogP contribution >= 0.6 is 11.6 Å². The van der Waals surface area contributed by atoms with Crippen molar-refractivity contribution in [1.29, 1.82) is 0 Å². The Morgan fingerprint density at radius 3 is 2.57 bits per heavy atom. The van der Waals surface area contributed by atoms with E-state index < -0.39 is 0 Å². The summed E-state index contributed by atoms with van der Waals surface area (Å²) < 4.78 is 15.6. The molecule has 0 aliphatic rings. The summed E-state index contributed by atoms with van der Waals surface area (Å²) >= 11 is 6.36. The Morgan fingerprint density at radius 1 is 0.973 bits per heavy atom. The Hall–Kier alpha value is -3.96. The molecular formula is C31H27ClFN3O. The van der Waals surface area contributed by atoms with E-state index in [4.69, 9.17) is 11.6 Å². The molecule has 0 saturated carbocycles. The number of nitrogens with one attached hydrogen (secondary N) is 1. The Kier molecular flexibility index (Phi) is 7.62. The molecule has 3 aromatic carbocycles. The molecule has 0 bridgehead atoms. The molecule has 1 amide bonds. The van der Waals surface area contributed by atoms with Gasteiger partial charge in [0.05, 0.1) is 0 Å². The molecule has 6 heteroatoms. The molecule has 1 atom stereocenters. The van der Waals surface area contributed by atoms with Gasteiger partial charge in [0.1, 0.15) is 5.82 Å². The number of pyridine rings is 1. The number of carbonyl (C=O) groups excluding carboxylic acids is 1. The number of aromatic nitrogens is 2. The van der Waals surface area contributed by atoms with Gasteiger partial charge in [-0.2, -0.15) is 0 Å². The fraction of sp³-hybridized carbons (Fsp3) is 0.161. The highest BCUT2D eigenvalue weighted by Gasteiger charge is 2.23. The van der Waals surface area contributed by atoms with Crippen LogP contribution in [0.5, 0.6) is 0 Å². The van der Waals surface area contributed by atoms with E-state index in [2.05, 4.69) is 33.2 Å². The van der Waals surface area contributed by atoms with Gasteiger partial charge in [-0.3, -0.25) is 9.78 Å². The molecule has 0 spiro atoms. The lowest BCUT2D eigenvalue weighted by Crippen LogP contribution is -2.27. The van der Waals surface area contributed by atoms with Crippen LogP contribution in [0, 0.1) is 5.82 Å². The van der Waals surface area contributed by atoms with E-state index >= 15 is 0 Å². The number of carbonyl (C=O) groups is 1. The Morgan fingerprint density at radius 2 is 1.78 bits per heavy atom. The third-order valence-corrected chi connectivity index (χ3v) is 6.77. The van der Waals surface area contributed by atoms with Gasteiger partial charge in [-0.05, 0) is 59.2 Å². The largest absolute Gasteiger partial charge is 0.356 e. The lowest BCUT2D eigenvalue weighted by atomic mass is 9.88. The van der Waals surface area contributed by atoms with Gasteiger partial charge in [-0.25, -0.2) is 4.39 Å². The van der Waals surface area contributed by atoms with Crippen LogP contribution in [0.2, 0.25) is 5.02 Å². The maximum atomic E-state index is 13.5. The fourth-order valence-corrected chi connectivity index (χ4v) is 4.93. The molecule has 0 aliphatic carbocycles. The highest BCUT2D eigenvalue weighted by molar-refractivity contribution is 6.30. The van der Waals surface area contributed by atoms with Crippen molar-refractivity contribution in [2.75, 3.05) is 6.54 Å². The van der Waals surface area contributed by atoms with Gasteiger partial charge in [0.2, 0.25) is 5.91 Å². The quantitative estimate of drug-likeness (QED) is 0.238. The minimum Gasteiger partial charge on any atom is -0.356 e. The molecular weight excluding hydrogens is 485 g/mol. The summed E-state index contributed by atoms with van der Waals surface area (Å²) in [7, 11) is 0. The van der Waals surface area contributed by atoms with Crippen LogP contribution in [0.4, 0.5) is 4.39 Å². The summed E-state index contributed by atoms with van der Waals surface area (Å²) in [5, 5.41) is 4.77. The summed E-state index contributed by atoms with van der Waals surface area (Å²) in [6, 6.07) is 28.2. The SMILES string of the molecule is O=C(CC(c1cccc(Cl)c1)c1cn(Cc2ccc(F)cc2)c2ccccc12)NCCc1ccccn1. The van der Waals surface area contributed by atoms with E-state index in [0.29, 0.717) is 24.5 Å². The Labute approximate surface area is 220 Å². The standard InChI is InChI=1S/C31H27ClFN3O/c32-24-7-5-6-23(18-24)28(19-31(37)35-17-15-26-8-3-4-16-34-26)29-21-36(30-10-2-1-9-27(29)30)20-22-11-13-25(33)14-12-22/h1-14,16,18,21,28H,15,17,19-20H2,(H,35,37). The average Bonchev–Trinajstić information content (AvgIpc) is 3.27. The third-order valence-electron chi connectivity index (χ3n) is 6.53. The number of benzene rings is 3. The highest BCUT2D eigenvalue weighted by atomic mass is 35.5. The first-order valence-electron chi connectivity index (χ1n) is 12.3. The maximum Gasteiger partial charge on any atom is 0.220 e. The van der Waals surface area contributed by atoms with Crippen LogP contribution in [0.25, 0.3) is 10.9 Å². The van der Waals surface area contributed by atoms with Crippen LogP contribution in [0.15, 0.2) is 103 Å². The van der Waals surface area contributed by atoms with Gasteiger partial charge < -0.3 is 9.88 Å². The van der Waals surface area contributed by atoms with Crippen molar-refractivity contribution < 1.29 is 9.18 Å². The fourth-order valence-electron chi connectivity index (χ4n) is 4.73. The van der Waals surface area contributed by atoms with Gasteiger partial charge in [-0.15, -0.1) is 0 Å². The molecule has 37 heavy (non-hydrogen) atoms. The number of hydrogen-bond acceptors (Lipinski definition) is 2. The summed E-state index contributed by atoms with van der Waals surface area (Å²) in [6.45, 7) is 1.11. The number of nitrogens with zero attached hydrogens (tertiary/aromatic N) is 2. The zero-order valence-electron chi connectivity index (χ0n) is 20.3. The first-order valence-corrected chi connectivity index (χ1v) is 12.7. The van der Waals surface area contributed by atoms with Crippen molar-refractivity contribution in [3.8, 4) is 0 Å². The third kappa shape index (κ3) is 6.07. The predicted molar refractivity (Wildman–Crippen MR) is 146 cm³/mol. The van der Waals surface area contributed by atoms with Crippen molar-refractivity contribution in [3.63, 3.8) is 0 Å².